The van der Waals surface area contributed by atoms with Gasteiger partial charge >= 0.3 is 12.3 Å². The van der Waals surface area contributed by atoms with E-state index in [-0.39, 0.29) is 11.1 Å². The lowest BCUT2D eigenvalue weighted by Crippen LogP contribution is -2.18. The van der Waals surface area contributed by atoms with Crippen molar-refractivity contribution in [2.24, 2.45) is 0 Å². The monoisotopic (exact) mass is 388 g/mol. The van der Waals surface area contributed by atoms with E-state index in [1.54, 1.807) is 0 Å². The molecule has 0 radical (unpaired) electrons. The molecule has 0 spiro atoms. The molecule has 0 bridgehead atoms. The molecule has 6 nitrogen and oxygen atoms in total. The Balaban J connectivity index is 2.37. The summed E-state index contributed by atoms with van der Waals surface area (Å²) in [4.78, 5) is 23.3. The van der Waals surface area contributed by atoms with Crippen molar-refractivity contribution >= 4 is 11.8 Å². The first-order valence-corrected chi connectivity index (χ1v) is 7.28. The summed E-state index contributed by atoms with van der Waals surface area (Å²) >= 11 is 0. The van der Waals surface area contributed by atoms with Crippen molar-refractivity contribution in [2.45, 2.75) is 19.7 Å². The molecular weight excluding hydrogens is 376 g/mol. The first-order valence-electron chi connectivity index (χ1n) is 7.28. The molecule has 0 aromatic heterocycles. The number of rotatable bonds is 5. The number of esters is 1. The molecule has 2 rings (SSSR count). The van der Waals surface area contributed by atoms with Crippen LogP contribution in [0.3, 0.4) is 0 Å². The van der Waals surface area contributed by atoms with E-state index in [1.165, 1.54) is 0 Å². The van der Waals surface area contributed by atoms with E-state index in [4.69, 9.17) is 5.11 Å². The fourth-order valence-electron chi connectivity index (χ4n) is 2.14. The van der Waals surface area contributed by atoms with Crippen LogP contribution in [0.5, 0.6) is 23.0 Å². The first-order chi connectivity index (χ1) is 12.5. The van der Waals surface area contributed by atoms with Crippen molar-refractivity contribution in [1.82, 2.24) is 0 Å². The second kappa shape index (κ2) is 7.52. The van der Waals surface area contributed by atoms with Crippen molar-refractivity contribution in [3.8, 4) is 23.0 Å². The van der Waals surface area contributed by atoms with Gasteiger partial charge in [0.25, 0.3) is 0 Å². The van der Waals surface area contributed by atoms with E-state index in [9.17, 15) is 32.3 Å². The van der Waals surface area contributed by atoms with E-state index in [0.717, 1.165) is 37.3 Å². The molecule has 0 aliphatic carbocycles. The number of halogens is 4. The minimum Gasteiger partial charge on any atom is -0.505 e. The van der Waals surface area contributed by atoms with Crippen LogP contribution in [0, 0.1) is 5.82 Å². The van der Waals surface area contributed by atoms with Crippen LogP contribution in [0.4, 0.5) is 17.6 Å². The number of carbonyl (C=O) groups excluding carboxylic acids is 2. The Morgan fingerprint density at radius 2 is 1.78 bits per heavy atom. The fourth-order valence-corrected chi connectivity index (χ4v) is 2.14. The van der Waals surface area contributed by atoms with Crippen LogP contribution in [0.1, 0.15) is 22.8 Å². The van der Waals surface area contributed by atoms with Gasteiger partial charge in [-0.25, -0.2) is 4.39 Å². The van der Waals surface area contributed by atoms with Gasteiger partial charge in [-0.2, -0.15) is 0 Å². The molecule has 0 aliphatic heterocycles. The Morgan fingerprint density at radius 3 is 2.33 bits per heavy atom. The third kappa shape index (κ3) is 5.09. The van der Waals surface area contributed by atoms with Gasteiger partial charge in [-0.3, -0.25) is 9.59 Å². The van der Waals surface area contributed by atoms with Crippen LogP contribution < -0.4 is 9.47 Å². The van der Waals surface area contributed by atoms with Crippen molar-refractivity contribution in [3.05, 3.63) is 47.3 Å². The van der Waals surface area contributed by atoms with Crippen LogP contribution >= 0.6 is 0 Å². The maximum atomic E-state index is 13.3. The highest BCUT2D eigenvalue weighted by Gasteiger charge is 2.34. The van der Waals surface area contributed by atoms with Gasteiger partial charge in [0.1, 0.15) is 0 Å². The summed E-state index contributed by atoms with van der Waals surface area (Å²) in [6, 6.07) is 4.59. The largest absolute Gasteiger partial charge is 0.573 e. The highest BCUT2D eigenvalue weighted by Crippen LogP contribution is 2.42. The molecule has 0 atom stereocenters. The number of hydrogen-bond donors (Lipinski definition) is 2. The van der Waals surface area contributed by atoms with Gasteiger partial charge in [0, 0.05) is 24.5 Å². The number of benzene rings is 2. The Bertz CT molecular complexity index is 892. The zero-order valence-corrected chi connectivity index (χ0v) is 13.6. The lowest BCUT2D eigenvalue weighted by molar-refractivity contribution is -0.275. The van der Waals surface area contributed by atoms with Crippen molar-refractivity contribution in [3.63, 3.8) is 0 Å². The van der Waals surface area contributed by atoms with Crippen LogP contribution in [0.25, 0.3) is 0 Å². The average Bonchev–Trinajstić information content (AvgIpc) is 2.54. The summed E-state index contributed by atoms with van der Waals surface area (Å²) in [5, 5.41) is 19.2. The molecule has 27 heavy (non-hydrogen) atoms. The van der Waals surface area contributed by atoms with Gasteiger partial charge in [-0.15, -0.1) is 13.2 Å². The summed E-state index contributed by atoms with van der Waals surface area (Å²) < 4.78 is 58.9. The summed E-state index contributed by atoms with van der Waals surface area (Å²) in [5.74, 6) is -6.22. The Kier molecular flexibility index (Phi) is 5.58. The minimum atomic E-state index is -5.11. The Morgan fingerprint density at radius 1 is 1.11 bits per heavy atom. The molecule has 0 saturated carbocycles. The summed E-state index contributed by atoms with van der Waals surface area (Å²) in [7, 11) is 0. The molecule has 2 aromatic rings. The highest BCUT2D eigenvalue weighted by molar-refractivity contribution is 5.98. The van der Waals surface area contributed by atoms with Crippen molar-refractivity contribution in [2.75, 3.05) is 0 Å². The normalized spacial score (nSPS) is 11.1. The molecule has 0 unspecified atom stereocenters. The number of ketones is 1. The Hall–Kier alpha value is -3.30. The van der Waals surface area contributed by atoms with Gasteiger partial charge in [0.2, 0.25) is 5.75 Å². The molecule has 2 aromatic carbocycles. The third-order valence-electron chi connectivity index (χ3n) is 3.27. The van der Waals surface area contributed by atoms with Gasteiger partial charge in [0.05, 0.1) is 0 Å². The van der Waals surface area contributed by atoms with Crippen LogP contribution in [-0.4, -0.2) is 28.3 Å². The number of phenols is 2. The van der Waals surface area contributed by atoms with Crippen molar-refractivity contribution < 1.29 is 46.8 Å². The number of Topliss-reactive ketones (excluding diaryl/α,β-unsaturated/α-hetero) is 1. The summed E-state index contributed by atoms with van der Waals surface area (Å²) in [6.07, 6.45) is -5.65. The van der Waals surface area contributed by atoms with E-state index in [0.29, 0.717) is 0 Å². The molecular formula is C17H12F4O6. The quantitative estimate of drug-likeness (QED) is 0.353. The van der Waals surface area contributed by atoms with Gasteiger partial charge < -0.3 is 19.7 Å². The minimum absolute atomic E-state index is 0.144. The highest BCUT2D eigenvalue weighted by atomic mass is 19.4. The van der Waals surface area contributed by atoms with Gasteiger partial charge in [-0.1, -0.05) is 6.07 Å². The first kappa shape index (κ1) is 20.0. The number of carbonyl (C=O) groups is 2. The van der Waals surface area contributed by atoms with Gasteiger partial charge in [-0.05, 0) is 24.3 Å². The number of hydrogen-bond acceptors (Lipinski definition) is 6. The standard InChI is InChI=1S/C17H12F4O6/c1-8(22)26-16-14(27-17(19,20)21)5-3-10(15(16)25)7-13(24)9-2-4-12(23)11(18)6-9/h2-6,23,25H,7H2,1H3. The summed E-state index contributed by atoms with van der Waals surface area (Å²) in [6.45, 7) is 0.897. The number of ether oxygens (including phenoxy) is 2. The fraction of sp³-hybridized carbons (Fsp3) is 0.176. The number of aromatic hydroxyl groups is 2. The lowest BCUT2D eigenvalue weighted by atomic mass is 10.0. The molecule has 0 aliphatic rings. The van der Waals surface area contributed by atoms with Crippen LogP contribution in [0.15, 0.2) is 30.3 Å². The zero-order chi connectivity index (χ0) is 20.4. The molecule has 0 saturated heterocycles. The molecule has 0 amide bonds. The average molecular weight is 388 g/mol. The molecule has 10 heteroatoms. The molecule has 0 fully saturated rings. The predicted octanol–water partition coefficient (Wildman–Crippen LogP) is 3.49. The third-order valence-corrected chi connectivity index (χ3v) is 3.27. The van der Waals surface area contributed by atoms with Crippen LogP contribution in [0.2, 0.25) is 0 Å². The van der Waals surface area contributed by atoms with Gasteiger partial charge in [0.15, 0.2) is 28.8 Å². The SMILES string of the molecule is CC(=O)Oc1c(OC(F)(F)F)ccc(CC(=O)c2ccc(O)c(F)c2)c1O. The number of alkyl halides is 3. The summed E-state index contributed by atoms with van der Waals surface area (Å²) in [5.41, 5.74) is -0.325. The van der Waals surface area contributed by atoms with Crippen LogP contribution in [-0.2, 0) is 11.2 Å². The van der Waals surface area contributed by atoms with E-state index in [1.807, 2.05) is 0 Å². The van der Waals surface area contributed by atoms with Crippen molar-refractivity contribution in [1.29, 1.82) is 0 Å². The lowest BCUT2D eigenvalue weighted by Gasteiger charge is -2.15. The van der Waals surface area contributed by atoms with E-state index in [2.05, 4.69) is 9.47 Å². The van der Waals surface area contributed by atoms with E-state index >= 15 is 0 Å². The molecule has 2 N–H and O–H groups in total. The molecule has 0 heterocycles. The Labute approximate surface area is 149 Å². The maximum Gasteiger partial charge on any atom is 0.573 e. The second-order valence-corrected chi connectivity index (χ2v) is 5.31. The van der Waals surface area contributed by atoms with E-state index < -0.39 is 53.4 Å². The zero-order valence-electron chi connectivity index (χ0n) is 13.6. The second-order valence-electron chi connectivity index (χ2n) is 5.31. The predicted molar refractivity (Wildman–Crippen MR) is 82.2 cm³/mol. The smallest absolute Gasteiger partial charge is 0.505 e. The topological polar surface area (TPSA) is 93.1 Å². The molecule has 144 valence electrons. The number of phenolic OH excluding ortho intramolecular Hbond substituents is 2. The maximum absolute atomic E-state index is 13.3.